The summed E-state index contributed by atoms with van der Waals surface area (Å²) in [6.45, 7) is 2.10. The molecule has 1 fully saturated rings. The third-order valence-electron chi connectivity index (χ3n) is 4.64. The Kier molecular flexibility index (Phi) is 5.11. The van der Waals surface area contributed by atoms with Crippen LogP contribution in [0.2, 0.25) is 0 Å². The van der Waals surface area contributed by atoms with Crippen LogP contribution in [0.1, 0.15) is 12.0 Å². The highest BCUT2D eigenvalue weighted by molar-refractivity contribution is 5.91. The molecule has 1 aliphatic heterocycles. The van der Waals surface area contributed by atoms with Crippen LogP contribution in [-0.2, 0) is 16.0 Å². The molecule has 2 aromatic carbocycles. The van der Waals surface area contributed by atoms with E-state index in [1.165, 1.54) is 0 Å². The van der Waals surface area contributed by atoms with Gasteiger partial charge in [0.25, 0.3) is 0 Å². The second-order valence-corrected chi connectivity index (χ2v) is 6.32. The van der Waals surface area contributed by atoms with Crippen LogP contribution >= 0.6 is 0 Å². The highest BCUT2D eigenvalue weighted by atomic mass is 16.2. The Morgan fingerprint density at radius 1 is 1.17 bits per heavy atom. The molecule has 0 aliphatic carbocycles. The topological polar surface area (TPSA) is 75.4 Å². The van der Waals surface area contributed by atoms with Gasteiger partial charge in [-0.15, -0.1) is 0 Å². The molecule has 3 N–H and O–H groups in total. The summed E-state index contributed by atoms with van der Waals surface area (Å²) >= 11 is 0. The summed E-state index contributed by atoms with van der Waals surface area (Å²) in [6, 6.07) is 13.9. The van der Waals surface area contributed by atoms with Gasteiger partial charge in [-0.2, -0.15) is 0 Å². The van der Waals surface area contributed by atoms with Crippen molar-refractivity contribution < 1.29 is 9.59 Å². The van der Waals surface area contributed by atoms with E-state index in [4.69, 9.17) is 5.73 Å². The number of likely N-dealkylation sites (tertiary alicyclic amines) is 1. The van der Waals surface area contributed by atoms with Crippen LogP contribution in [0.15, 0.2) is 42.5 Å². The Labute approximate surface area is 141 Å². The predicted molar refractivity (Wildman–Crippen MR) is 94.4 cm³/mol. The van der Waals surface area contributed by atoms with Crippen LogP contribution in [0.4, 0.5) is 0 Å². The van der Waals surface area contributed by atoms with Gasteiger partial charge < -0.3 is 16.0 Å². The number of nitrogens with one attached hydrogen (secondary N) is 1. The summed E-state index contributed by atoms with van der Waals surface area (Å²) in [5, 5.41) is 4.93. The van der Waals surface area contributed by atoms with Gasteiger partial charge in [0.15, 0.2) is 0 Å². The van der Waals surface area contributed by atoms with Crippen LogP contribution in [-0.4, -0.2) is 42.9 Å². The fourth-order valence-electron chi connectivity index (χ4n) is 3.22. The predicted octanol–water partition coefficient (Wildman–Crippen LogP) is 1.31. The van der Waals surface area contributed by atoms with Gasteiger partial charge in [-0.05, 0) is 35.2 Å². The lowest BCUT2D eigenvalue weighted by Crippen LogP contribution is -2.39. The Balaban J connectivity index is 1.55. The largest absolute Gasteiger partial charge is 0.347 e. The Bertz CT molecular complexity index is 739. The van der Waals surface area contributed by atoms with Crippen LogP contribution < -0.4 is 11.1 Å². The summed E-state index contributed by atoms with van der Waals surface area (Å²) in [4.78, 5) is 26.1. The molecule has 5 nitrogen and oxygen atoms in total. The van der Waals surface area contributed by atoms with E-state index >= 15 is 0 Å². The maximum Gasteiger partial charge on any atom is 0.241 e. The zero-order chi connectivity index (χ0) is 16.9. The van der Waals surface area contributed by atoms with E-state index in [9.17, 15) is 9.59 Å². The number of hydrogen-bond acceptors (Lipinski definition) is 3. The Morgan fingerprint density at radius 2 is 1.96 bits per heavy atom. The van der Waals surface area contributed by atoms with Crippen molar-refractivity contribution in [1.82, 2.24) is 10.2 Å². The van der Waals surface area contributed by atoms with Gasteiger partial charge in [0.2, 0.25) is 11.8 Å². The zero-order valence-electron chi connectivity index (χ0n) is 13.7. The van der Waals surface area contributed by atoms with E-state index < -0.39 is 0 Å². The first-order chi connectivity index (χ1) is 11.7. The third-order valence-corrected chi connectivity index (χ3v) is 4.64. The fraction of sp³-hybridized carbons (Fsp3) is 0.368. The summed E-state index contributed by atoms with van der Waals surface area (Å²) in [5.41, 5.74) is 6.62. The summed E-state index contributed by atoms with van der Waals surface area (Å²) < 4.78 is 0. The lowest BCUT2D eigenvalue weighted by molar-refractivity contribution is -0.132. The van der Waals surface area contributed by atoms with E-state index in [1.807, 2.05) is 42.5 Å². The third kappa shape index (κ3) is 3.74. The summed E-state index contributed by atoms with van der Waals surface area (Å²) in [5.74, 6) is 0.229. The molecular weight excluding hydrogens is 302 g/mol. The number of hydrogen-bond donors (Lipinski definition) is 2. The average molecular weight is 325 g/mol. The first-order valence-corrected chi connectivity index (χ1v) is 8.38. The van der Waals surface area contributed by atoms with Gasteiger partial charge in [0.05, 0.1) is 13.0 Å². The van der Waals surface area contributed by atoms with Crippen molar-refractivity contribution in [2.75, 3.05) is 26.2 Å². The average Bonchev–Trinajstić information content (AvgIpc) is 3.09. The molecule has 1 atom stereocenters. The molecule has 2 amide bonds. The van der Waals surface area contributed by atoms with Gasteiger partial charge in [-0.3, -0.25) is 9.59 Å². The second kappa shape index (κ2) is 7.45. The second-order valence-electron chi connectivity index (χ2n) is 6.32. The van der Waals surface area contributed by atoms with Gasteiger partial charge in [0.1, 0.15) is 0 Å². The van der Waals surface area contributed by atoms with Crippen molar-refractivity contribution in [3.8, 4) is 0 Å². The SMILES string of the molecule is NCC1CCN(C(=O)CNC(=O)Cc2cccc3ccccc23)C1. The summed E-state index contributed by atoms with van der Waals surface area (Å²) in [6.07, 6.45) is 1.23. The Morgan fingerprint density at radius 3 is 2.75 bits per heavy atom. The van der Waals surface area contributed by atoms with Crippen LogP contribution in [0.3, 0.4) is 0 Å². The van der Waals surface area contributed by atoms with Crippen molar-refractivity contribution >= 4 is 22.6 Å². The molecule has 126 valence electrons. The molecule has 24 heavy (non-hydrogen) atoms. The number of nitrogens with zero attached hydrogens (tertiary/aromatic N) is 1. The van der Waals surface area contributed by atoms with E-state index in [1.54, 1.807) is 4.90 Å². The lowest BCUT2D eigenvalue weighted by Gasteiger charge is -2.16. The molecule has 1 unspecified atom stereocenters. The number of fused-ring (bicyclic) bond motifs is 1. The lowest BCUT2D eigenvalue weighted by atomic mass is 10.0. The first kappa shape index (κ1) is 16.5. The normalized spacial score (nSPS) is 17.2. The van der Waals surface area contributed by atoms with Gasteiger partial charge in [-0.25, -0.2) is 0 Å². The number of amides is 2. The quantitative estimate of drug-likeness (QED) is 0.870. The van der Waals surface area contributed by atoms with Crippen molar-refractivity contribution in [2.45, 2.75) is 12.8 Å². The zero-order valence-corrected chi connectivity index (χ0v) is 13.7. The van der Waals surface area contributed by atoms with Gasteiger partial charge in [0, 0.05) is 13.1 Å². The minimum Gasteiger partial charge on any atom is -0.347 e. The van der Waals surface area contributed by atoms with Gasteiger partial charge >= 0.3 is 0 Å². The van der Waals surface area contributed by atoms with Crippen LogP contribution in [0.25, 0.3) is 10.8 Å². The van der Waals surface area contributed by atoms with Crippen LogP contribution in [0.5, 0.6) is 0 Å². The number of carbonyl (C=O) groups excluding carboxylic acids is 2. The molecule has 2 aromatic rings. The van der Waals surface area contributed by atoms with E-state index in [0.717, 1.165) is 29.3 Å². The molecule has 0 spiro atoms. The van der Waals surface area contributed by atoms with Crippen molar-refractivity contribution in [1.29, 1.82) is 0 Å². The van der Waals surface area contributed by atoms with Gasteiger partial charge in [-0.1, -0.05) is 42.5 Å². The van der Waals surface area contributed by atoms with Crippen molar-refractivity contribution in [2.24, 2.45) is 11.7 Å². The molecule has 0 radical (unpaired) electrons. The summed E-state index contributed by atoms with van der Waals surface area (Å²) in [7, 11) is 0. The fourth-order valence-corrected chi connectivity index (χ4v) is 3.22. The molecule has 5 heteroatoms. The molecule has 1 heterocycles. The molecule has 1 saturated heterocycles. The molecule has 3 rings (SSSR count). The monoisotopic (exact) mass is 325 g/mol. The van der Waals surface area contributed by atoms with E-state index in [-0.39, 0.29) is 24.8 Å². The van der Waals surface area contributed by atoms with Crippen molar-refractivity contribution in [3.05, 3.63) is 48.0 Å². The maximum atomic E-state index is 12.2. The number of carbonyl (C=O) groups is 2. The molecular formula is C19H23N3O2. The molecule has 0 saturated carbocycles. The van der Waals surface area contributed by atoms with E-state index in [0.29, 0.717) is 19.0 Å². The number of nitrogens with two attached hydrogens (primary N) is 1. The van der Waals surface area contributed by atoms with E-state index in [2.05, 4.69) is 5.32 Å². The molecule has 1 aliphatic rings. The van der Waals surface area contributed by atoms with Crippen molar-refractivity contribution in [3.63, 3.8) is 0 Å². The number of benzene rings is 2. The first-order valence-electron chi connectivity index (χ1n) is 8.38. The Hall–Kier alpha value is -2.40. The highest BCUT2D eigenvalue weighted by Crippen LogP contribution is 2.19. The number of rotatable bonds is 5. The maximum absolute atomic E-state index is 12.2. The van der Waals surface area contributed by atoms with Crippen LogP contribution in [0, 0.1) is 5.92 Å². The molecule has 0 aromatic heterocycles. The highest BCUT2D eigenvalue weighted by Gasteiger charge is 2.25. The standard InChI is InChI=1S/C19H23N3O2/c20-11-14-8-9-22(13-14)19(24)12-21-18(23)10-16-6-3-5-15-4-1-2-7-17(15)16/h1-7,14H,8-13,20H2,(H,21,23). The minimum atomic E-state index is -0.130. The smallest absolute Gasteiger partial charge is 0.241 e. The molecule has 0 bridgehead atoms. The minimum absolute atomic E-state index is 0.0304.